The van der Waals surface area contributed by atoms with Gasteiger partial charge in [-0.3, -0.25) is 14.4 Å². The van der Waals surface area contributed by atoms with Crippen LogP contribution in [0.25, 0.3) is 11.3 Å². The Morgan fingerprint density at radius 2 is 1.87 bits per heavy atom. The number of benzene rings is 2. The summed E-state index contributed by atoms with van der Waals surface area (Å²) in [6.45, 7) is 0.382. The Morgan fingerprint density at radius 3 is 2.44 bits per heavy atom. The molecule has 1 aromatic heterocycles. The highest BCUT2D eigenvalue weighted by molar-refractivity contribution is 6.03. The zero-order valence-corrected chi connectivity index (χ0v) is 20.8. The highest BCUT2D eigenvalue weighted by Crippen LogP contribution is 2.50. The highest BCUT2D eigenvalue weighted by atomic mass is 19.3. The summed E-state index contributed by atoms with van der Waals surface area (Å²) in [6, 6.07) is 10.2. The van der Waals surface area contributed by atoms with Crippen LogP contribution < -0.4 is 21.1 Å². The number of alkyl halides is 2. The number of amides is 3. The van der Waals surface area contributed by atoms with Gasteiger partial charge in [-0.1, -0.05) is 24.3 Å². The Kier molecular flexibility index (Phi) is 6.44. The molecule has 2 fully saturated rings. The third kappa shape index (κ3) is 4.75. The number of carbonyl (C=O) groups is 3. The van der Waals surface area contributed by atoms with E-state index in [1.165, 1.54) is 39.8 Å². The number of nitrogens with zero attached hydrogens (tertiary/aromatic N) is 4. The summed E-state index contributed by atoms with van der Waals surface area (Å²) in [4.78, 5) is 38.8. The first-order chi connectivity index (χ1) is 18.5. The van der Waals surface area contributed by atoms with Gasteiger partial charge in [-0.25, -0.2) is 17.9 Å². The summed E-state index contributed by atoms with van der Waals surface area (Å²) < 4.78 is 47.0. The van der Waals surface area contributed by atoms with Crippen molar-refractivity contribution in [3.8, 4) is 17.0 Å². The number of anilines is 2. The number of aromatic nitrogens is 2. The molecule has 3 amide bonds. The topological polar surface area (TPSA) is 137 Å². The number of nitrogens with two attached hydrogens (primary N) is 2. The maximum Gasteiger partial charge on any atom is 0.260 e. The number of nitrogen functional groups attached to an aromatic ring is 1. The van der Waals surface area contributed by atoms with Crippen LogP contribution in [-0.2, 0) is 16.1 Å². The van der Waals surface area contributed by atoms with Gasteiger partial charge < -0.3 is 26.0 Å². The van der Waals surface area contributed by atoms with E-state index in [1.807, 2.05) is 0 Å². The molecular formula is C26H25F3N6O4. The summed E-state index contributed by atoms with van der Waals surface area (Å²) in [5, 5.41) is 4.47. The molecule has 1 saturated heterocycles. The third-order valence-corrected chi connectivity index (χ3v) is 7.00. The summed E-state index contributed by atoms with van der Waals surface area (Å²) in [5.41, 5.74) is 13.5. The second kappa shape index (κ2) is 9.64. The Balaban J connectivity index is 1.35. The van der Waals surface area contributed by atoms with Crippen LogP contribution >= 0.6 is 0 Å². The van der Waals surface area contributed by atoms with Gasteiger partial charge in [0.1, 0.15) is 34.6 Å². The number of primary amides is 1. The van der Waals surface area contributed by atoms with Crippen LogP contribution in [-0.4, -0.2) is 59.0 Å². The molecule has 4 N–H and O–H groups in total. The van der Waals surface area contributed by atoms with E-state index >= 15 is 0 Å². The lowest BCUT2D eigenvalue weighted by atomic mass is 10.0. The van der Waals surface area contributed by atoms with Gasteiger partial charge >= 0.3 is 0 Å². The van der Waals surface area contributed by atoms with E-state index in [-0.39, 0.29) is 42.4 Å². The lowest BCUT2D eigenvalue weighted by Crippen LogP contribution is -2.52. The van der Waals surface area contributed by atoms with Crippen LogP contribution in [0, 0.1) is 11.7 Å². The summed E-state index contributed by atoms with van der Waals surface area (Å²) in [6.07, 6.45) is 0.124. The molecule has 1 atom stereocenters. The molecule has 5 rings (SSSR count). The first kappa shape index (κ1) is 26.1. The summed E-state index contributed by atoms with van der Waals surface area (Å²) in [5.74, 6) is -5.81. The molecule has 3 aromatic rings. The quantitative estimate of drug-likeness (QED) is 0.399. The van der Waals surface area contributed by atoms with Gasteiger partial charge in [0.2, 0.25) is 12.3 Å². The van der Waals surface area contributed by atoms with Gasteiger partial charge in [0.05, 0.1) is 25.4 Å². The molecule has 2 aliphatic rings. The molecule has 0 bridgehead atoms. The van der Waals surface area contributed by atoms with E-state index in [2.05, 4.69) is 5.10 Å². The number of halogens is 3. The fraction of sp³-hybridized carbons (Fsp3) is 0.308. The number of hydrogen-bond acceptors (Lipinski definition) is 6. The monoisotopic (exact) mass is 542 g/mol. The molecule has 39 heavy (non-hydrogen) atoms. The largest absolute Gasteiger partial charge is 0.495 e. The van der Waals surface area contributed by atoms with Crippen molar-refractivity contribution in [2.24, 2.45) is 11.7 Å². The molecule has 0 radical (unpaired) electrons. The SMILES string of the molecule is COc1ccc(F)cc1N(C=O)Cc1ccc(-c2nn(C3CN(C(=O)C4CC4(F)F)C3)c(N)c2C(N)=O)cc1. The van der Waals surface area contributed by atoms with Crippen LogP contribution in [0.1, 0.15) is 28.4 Å². The van der Waals surface area contributed by atoms with Crippen LogP contribution in [0.3, 0.4) is 0 Å². The predicted octanol–water partition coefficient (Wildman–Crippen LogP) is 2.58. The Morgan fingerprint density at radius 1 is 1.21 bits per heavy atom. The molecule has 1 unspecified atom stereocenters. The molecule has 2 heterocycles. The Labute approximate surface area is 220 Å². The first-order valence-electron chi connectivity index (χ1n) is 12.0. The lowest BCUT2D eigenvalue weighted by Gasteiger charge is -2.39. The van der Waals surface area contributed by atoms with E-state index in [1.54, 1.807) is 24.3 Å². The summed E-state index contributed by atoms with van der Waals surface area (Å²) >= 11 is 0. The summed E-state index contributed by atoms with van der Waals surface area (Å²) in [7, 11) is 1.42. The zero-order chi connectivity index (χ0) is 28.1. The van der Waals surface area contributed by atoms with Gasteiger partial charge in [-0.15, -0.1) is 0 Å². The van der Waals surface area contributed by atoms with Gasteiger partial charge in [-0.2, -0.15) is 5.10 Å². The van der Waals surface area contributed by atoms with E-state index in [4.69, 9.17) is 16.2 Å². The van der Waals surface area contributed by atoms with Crippen LogP contribution in [0.5, 0.6) is 5.75 Å². The molecule has 1 saturated carbocycles. The van der Waals surface area contributed by atoms with E-state index in [0.29, 0.717) is 23.3 Å². The van der Waals surface area contributed by atoms with Crippen LogP contribution in [0.2, 0.25) is 0 Å². The van der Waals surface area contributed by atoms with Crippen LogP contribution in [0.15, 0.2) is 42.5 Å². The number of carbonyl (C=O) groups excluding carboxylic acids is 3. The second-order valence-electron chi connectivity index (χ2n) is 9.58. The normalized spacial score (nSPS) is 17.8. The molecule has 2 aromatic carbocycles. The van der Waals surface area contributed by atoms with Crippen molar-refractivity contribution in [2.75, 3.05) is 30.8 Å². The molecular weight excluding hydrogens is 517 g/mol. The van der Waals surface area contributed by atoms with Crippen molar-refractivity contribution in [2.45, 2.75) is 24.9 Å². The molecule has 204 valence electrons. The van der Waals surface area contributed by atoms with E-state index in [0.717, 1.165) is 0 Å². The standard InChI is InChI=1S/C26H25F3N6O4/c1-39-20-7-6-16(27)8-19(20)34(13-36)10-14-2-4-15(5-3-14)22-21(24(31)37)23(30)35(32-22)17-11-33(12-17)25(38)18-9-26(18,28)29/h2-8,13,17-18H,9-12,30H2,1H3,(H2,31,37). The van der Waals surface area contributed by atoms with Crippen LogP contribution in [0.4, 0.5) is 24.7 Å². The van der Waals surface area contributed by atoms with Crippen molar-refractivity contribution in [1.29, 1.82) is 0 Å². The zero-order valence-electron chi connectivity index (χ0n) is 20.8. The lowest BCUT2D eigenvalue weighted by molar-refractivity contribution is -0.140. The smallest absolute Gasteiger partial charge is 0.260 e. The maximum atomic E-state index is 13.8. The molecule has 10 nitrogen and oxygen atoms in total. The van der Waals surface area contributed by atoms with Gasteiger partial charge in [-0.05, 0) is 17.7 Å². The minimum absolute atomic E-state index is 0.000248. The Bertz CT molecular complexity index is 1450. The molecule has 0 spiro atoms. The molecule has 1 aliphatic heterocycles. The van der Waals surface area contributed by atoms with Gasteiger partial charge in [0.25, 0.3) is 11.8 Å². The van der Waals surface area contributed by atoms with Gasteiger partial charge in [0, 0.05) is 31.1 Å². The average molecular weight is 543 g/mol. The highest BCUT2D eigenvalue weighted by Gasteiger charge is 2.63. The average Bonchev–Trinajstić information content (AvgIpc) is 3.39. The first-order valence-corrected chi connectivity index (χ1v) is 12.0. The fourth-order valence-electron chi connectivity index (χ4n) is 4.69. The number of likely N-dealkylation sites (tertiary alicyclic amines) is 1. The van der Waals surface area contributed by atoms with Crippen molar-refractivity contribution >= 4 is 29.7 Å². The predicted molar refractivity (Wildman–Crippen MR) is 134 cm³/mol. The van der Waals surface area contributed by atoms with Crippen molar-refractivity contribution in [3.05, 3.63) is 59.4 Å². The second-order valence-corrected chi connectivity index (χ2v) is 9.58. The van der Waals surface area contributed by atoms with Crippen molar-refractivity contribution in [1.82, 2.24) is 14.7 Å². The molecule has 13 heteroatoms. The van der Waals surface area contributed by atoms with Gasteiger partial charge in [0.15, 0.2) is 0 Å². The minimum Gasteiger partial charge on any atom is -0.495 e. The fourth-order valence-corrected chi connectivity index (χ4v) is 4.69. The van der Waals surface area contributed by atoms with Crippen molar-refractivity contribution in [3.63, 3.8) is 0 Å². The number of ether oxygens (including phenoxy) is 1. The Hall–Kier alpha value is -4.55. The van der Waals surface area contributed by atoms with E-state index < -0.39 is 41.9 Å². The van der Waals surface area contributed by atoms with Crippen molar-refractivity contribution < 1.29 is 32.3 Å². The number of rotatable bonds is 9. The minimum atomic E-state index is -2.95. The molecule has 1 aliphatic carbocycles. The number of methoxy groups -OCH3 is 1. The maximum absolute atomic E-state index is 13.8. The number of hydrogen-bond donors (Lipinski definition) is 2. The third-order valence-electron chi connectivity index (χ3n) is 7.00. The van der Waals surface area contributed by atoms with E-state index in [9.17, 15) is 27.6 Å².